The second-order valence-electron chi connectivity index (χ2n) is 3.38. The van der Waals surface area contributed by atoms with Crippen molar-refractivity contribution in [3.63, 3.8) is 0 Å². The molecule has 4 nitrogen and oxygen atoms in total. The van der Waals surface area contributed by atoms with Gasteiger partial charge in [-0.25, -0.2) is 9.97 Å². The molecule has 0 N–H and O–H groups in total. The van der Waals surface area contributed by atoms with E-state index in [0.717, 1.165) is 30.4 Å². The Morgan fingerprint density at radius 2 is 2.06 bits per heavy atom. The lowest BCUT2D eigenvalue weighted by atomic mass is 10.5. The molecule has 0 fully saturated rings. The van der Waals surface area contributed by atoms with Crippen LogP contribution in [0.1, 0.15) is 13.8 Å². The van der Waals surface area contributed by atoms with Crippen molar-refractivity contribution < 1.29 is 4.74 Å². The van der Waals surface area contributed by atoms with Crippen LogP contribution in [0.15, 0.2) is 11.4 Å². The van der Waals surface area contributed by atoms with Crippen LogP contribution in [0.4, 0.5) is 0 Å². The second kappa shape index (κ2) is 7.74. The van der Waals surface area contributed by atoms with Crippen LogP contribution in [0.2, 0.25) is 5.15 Å². The molecule has 0 amide bonds. The summed E-state index contributed by atoms with van der Waals surface area (Å²) in [6.07, 6.45) is 1.46. The first-order valence-electron chi connectivity index (χ1n) is 5.62. The molecule has 0 aliphatic heterocycles. The van der Waals surface area contributed by atoms with Crippen LogP contribution in [0.3, 0.4) is 0 Å². The number of hydrogen-bond acceptors (Lipinski definition) is 5. The Kier molecular flexibility index (Phi) is 6.62. The van der Waals surface area contributed by atoms with Gasteiger partial charge >= 0.3 is 0 Å². The number of aromatic nitrogens is 2. The first-order chi connectivity index (χ1) is 8.22. The van der Waals surface area contributed by atoms with Crippen LogP contribution in [0.25, 0.3) is 0 Å². The fraction of sp³-hybridized carbons (Fsp3) is 0.636. The summed E-state index contributed by atoms with van der Waals surface area (Å²) in [6.45, 7) is 7.49. The van der Waals surface area contributed by atoms with Crippen LogP contribution in [0, 0.1) is 0 Å². The van der Waals surface area contributed by atoms with Crippen molar-refractivity contribution in [2.24, 2.45) is 0 Å². The summed E-state index contributed by atoms with van der Waals surface area (Å²) in [4.78, 5) is 10.4. The lowest BCUT2D eigenvalue weighted by Crippen LogP contribution is -2.25. The van der Waals surface area contributed by atoms with E-state index in [0.29, 0.717) is 10.9 Å². The number of nitrogens with zero attached hydrogens (tertiary/aromatic N) is 3. The van der Waals surface area contributed by atoms with E-state index in [2.05, 4.69) is 28.7 Å². The predicted octanol–water partition coefficient (Wildman–Crippen LogP) is 2.57. The molecule has 0 bridgehead atoms. The molecular weight excluding hydrogens is 258 g/mol. The van der Waals surface area contributed by atoms with Crippen molar-refractivity contribution in [2.45, 2.75) is 18.9 Å². The van der Waals surface area contributed by atoms with Crippen LogP contribution >= 0.6 is 23.4 Å². The Morgan fingerprint density at radius 3 is 2.65 bits per heavy atom. The van der Waals surface area contributed by atoms with E-state index < -0.39 is 0 Å². The van der Waals surface area contributed by atoms with Crippen molar-refractivity contribution in [1.29, 1.82) is 0 Å². The molecule has 0 radical (unpaired) electrons. The normalized spacial score (nSPS) is 10.9. The third-order valence-corrected chi connectivity index (χ3v) is 3.69. The molecule has 0 saturated carbocycles. The lowest BCUT2D eigenvalue weighted by molar-refractivity contribution is 0.323. The first-order valence-corrected chi connectivity index (χ1v) is 6.98. The van der Waals surface area contributed by atoms with Gasteiger partial charge in [0, 0.05) is 12.3 Å². The van der Waals surface area contributed by atoms with Gasteiger partial charge in [-0.15, -0.1) is 11.8 Å². The zero-order valence-corrected chi connectivity index (χ0v) is 12.0. The third-order valence-electron chi connectivity index (χ3n) is 2.47. The summed E-state index contributed by atoms with van der Waals surface area (Å²) >= 11 is 7.57. The number of ether oxygens (including phenoxy) is 1. The maximum atomic E-state index is 5.93. The highest BCUT2D eigenvalue weighted by Crippen LogP contribution is 2.31. The minimum absolute atomic E-state index is 0.368. The van der Waals surface area contributed by atoms with E-state index >= 15 is 0 Å². The number of thioether (sulfide) groups is 1. The van der Waals surface area contributed by atoms with E-state index in [1.165, 1.54) is 6.33 Å². The van der Waals surface area contributed by atoms with Gasteiger partial charge in [-0.2, -0.15) is 0 Å². The molecule has 0 spiro atoms. The third kappa shape index (κ3) is 4.33. The zero-order valence-electron chi connectivity index (χ0n) is 10.4. The van der Waals surface area contributed by atoms with Gasteiger partial charge in [-0.1, -0.05) is 25.4 Å². The molecule has 0 aromatic carbocycles. The minimum atomic E-state index is 0.368. The Hall–Kier alpha value is -0.520. The van der Waals surface area contributed by atoms with Gasteiger partial charge in [0.05, 0.1) is 7.11 Å². The minimum Gasteiger partial charge on any atom is -0.491 e. The largest absolute Gasteiger partial charge is 0.491 e. The van der Waals surface area contributed by atoms with Crippen molar-refractivity contribution in [2.75, 3.05) is 32.5 Å². The molecule has 1 aromatic heterocycles. The molecule has 1 heterocycles. The molecule has 0 aliphatic rings. The van der Waals surface area contributed by atoms with E-state index in [-0.39, 0.29) is 0 Å². The first kappa shape index (κ1) is 14.5. The maximum Gasteiger partial charge on any atom is 0.188 e. The molecular formula is C11H18ClN3OS. The SMILES string of the molecule is CCN(CC)CCSc1ncnc(Cl)c1OC. The van der Waals surface area contributed by atoms with Crippen LogP contribution in [-0.2, 0) is 0 Å². The average Bonchev–Trinajstić information content (AvgIpc) is 2.35. The number of methoxy groups -OCH3 is 1. The lowest BCUT2D eigenvalue weighted by Gasteiger charge is -2.17. The molecule has 1 aromatic rings. The smallest absolute Gasteiger partial charge is 0.188 e. The number of halogens is 1. The van der Waals surface area contributed by atoms with Crippen molar-refractivity contribution in [1.82, 2.24) is 14.9 Å². The Morgan fingerprint density at radius 1 is 1.35 bits per heavy atom. The highest BCUT2D eigenvalue weighted by Gasteiger charge is 2.10. The topological polar surface area (TPSA) is 38.2 Å². The molecule has 17 heavy (non-hydrogen) atoms. The Balaban J connectivity index is 2.54. The molecule has 0 atom stereocenters. The molecule has 0 aliphatic carbocycles. The summed E-state index contributed by atoms with van der Waals surface area (Å²) in [5.74, 6) is 1.53. The summed E-state index contributed by atoms with van der Waals surface area (Å²) in [5.41, 5.74) is 0. The van der Waals surface area contributed by atoms with Gasteiger partial charge in [0.25, 0.3) is 0 Å². The Labute approximate surface area is 112 Å². The van der Waals surface area contributed by atoms with Gasteiger partial charge in [0.15, 0.2) is 10.9 Å². The molecule has 0 saturated heterocycles. The van der Waals surface area contributed by atoms with Gasteiger partial charge < -0.3 is 9.64 Å². The van der Waals surface area contributed by atoms with Gasteiger partial charge in [-0.05, 0) is 13.1 Å². The molecule has 0 unspecified atom stereocenters. The molecule has 6 heteroatoms. The zero-order chi connectivity index (χ0) is 12.7. The van der Waals surface area contributed by atoms with Gasteiger partial charge in [0.2, 0.25) is 0 Å². The number of hydrogen-bond donors (Lipinski definition) is 0. The summed E-state index contributed by atoms with van der Waals surface area (Å²) in [7, 11) is 1.58. The van der Waals surface area contributed by atoms with Gasteiger partial charge in [-0.3, -0.25) is 0 Å². The quantitative estimate of drug-likeness (QED) is 0.565. The highest BCUT2D eigenvalue weighted by molar-refractivity contribution is 7.99. The van der Waals surface area contributed by atoms with Crippen molar-refractivity contribution >= 4 is 23.4 Å². The molecule has 1 rings (SSSR count). The monoisotopic (exact) mass is 275 g/mol. The summed E-state index contributed by atoms with van der Waals surface area (Å²) in [5, 5.41) is 1.17. The predicted molar refractivity (Wildman–Crippen MR) is 72.1 cm³/mol. The standard InChI is InChI=1S/C11H18ClN3OS/c1-4-15(5-2)6-7-17-11-9(16-3)10(12)13-8-14-11/h8H,4-7H2,1-3H3. The van der Waals surface area contributed by atoms with Crippen LogP contribution in [-0.4, -0.2) is 47.4 Å². The van der Waals surface area contributed by atoms with Crippen molar-refractivity contribution in [3.05, 3.63) is 11.5 Å². The summed E-state index contributed by atoms with van der Waals surface area (Å²) < 4.78 is 5.19. The highest BCUT2D eigenvalue weighted by atomic mass is 35.5. The Bertz CT molecular complexity index is 347. The maximum absolute atomic E-state index is 5.93. The van der Waals surface area contributed by atoms with Crippen molar-refractivity contribution in [3.8, 4) is 5.75 Å². The van der Waals surface area contributed by atoms with Crippen LogP contribution < -0.4 is 4.74 Å². The summed E-state index contributed by atoms with van der Waals surface area (Å²) in [6, 6.07) is 0. The fourth-order valence-corrected chi connectivity index (χ4v) is 2.67. The van der Waals surface area contributed by atoms with E-state index in [1.807, 2.05) is 0 Å². The van der Waals surface area contributed by atoms with E-state index in [1.54, 1.807) is 18.9 Å². The van der Waals surface area contributed by atoms with E-state index in [4.69, 9.17) is 16.3 Å². The van der Waals surface area contributed by atoms with Crippen LogP contribution in [0.5, 0.6) is 5.75 Å². The number of rotatable bonds is 7. The second-order valence-corrected chi connectivity index (χ2v) is 4.82. The molecule has 96 valence electrons. The fourth-order valence-electron chi connectivity index (χ4n) is 1.42. The average molecular weight is 276 g/mol. The van der Waals surface area contributed by atoms with Gasteiger partial charge in [0.1, 0.15) is 11.4 Å². The van der Waals surface area contributed by atoms with E-state index in [9.17, 15) is 0 Å².